The van der Waals surface area contributed by atoms with Crippen molar-refractivity contribution in [1.29, 1.82) is 0 Å². The van der Waals surface area contributed by atoms with Gasteiger partial charge in [-0.3, -0.25) is 0 Å². The number of hydrogen-bond acceptors (Lipinski definition) is 0. The van der Waals surface area contributed by atoms with Crippen LogP contribution in [0.2, 0.25) is 0 Å². The molecule has 0 N–H and O–H groups in total. The minimum absolute atomic E-state index is 0.997. The Morgan fingerprint density at radius 1 is 1.17 bits per heavy atom. The molecule has 6 heavy (non-hydrogen) atoms. The zero-order chi connectivity index (χ0) is 4.41. The average Bonchev–Trinajstić information content (AvgIpc) is 1.86. The van der Waals surface area contributed by atoms with Crippen LogP contribution >= 0.6 is 0 Å². The van der Waals surface area contributed by atoms with Crippen LogP contribution in [0.5, 0.6) is 0 Å². The van der Waals surface area contributed by atoms with Crippen LogP contribution < -0.4 is 0 Å². The van der Waals surface area contributed by atoms with Gasteiger partial charge in [0.1, 0.15) is 0 Å². The van der Waals surface area contributed by atoms with Gasteiger partial charge in [-0.2, -0.15) is 0 Å². The second kappa shape index (κ2) is 1.73. The Bertz CT molecular complexity index is 106. The van der Waals surface area contributed by atoms with Crippen LogP contribution in [-0.4, -0.2) is 25.6 Å². The molecule has 1 rings (SSSR count). The van der Waals surface area contributed by atoms with Gasteiger partial charge in [0.25, 0.3) is 0 Å². The van der Waals surface area contributed by atoms with Crippen molar-refractivity contribution in [2.45, 2.75) is 0 Å². The number of rotatable bonds is 0. The van der Waals surface area contributed by atoms with Crippen molar-refractivity contribution in [3.8, 4) is 0 Å². The molecular weight excluding hydrogens is 179 g/mol. The second-order valence-corrected chi connectivity index (χ2v) is 3.62. The van der Waals surface area contributed by atoms with Crippen molar-refractivity contribution in [3.05, 3.63) is 24.3 Å². The molecule has 0 aliphatic heterocycles. The van der Waals surface area contributed by atoms with Crippen LogP contribution in [-0.2, 0) is 0 Å². The molecule has 0 aromatic rings. The molecule has 0 heterocycles. The Balaban J connectivity index is 2.86. The van der Waals surface area contributed by atoms with Gasteiger partial charge >= 0.3 is 49.9 Å². The average molecular weight is 185 g/mol. The molecule has 0 nitrogen and oxygen atoms in total. The maximum atomic E-state index is 2.16. The Hall–Kier alpha value is 0.149. The van der Waals surface area contributed by atoms with Crippen molar-refractivity contribution in [1.82, 2.24) is 0 Å². The molecule has 0 amide bonds. The molecule has 1 aliphatic carbocycles. The van der Waals surface area contributed by atoms with E-state index in [1.807, 2.05) is 0 Å². The monoisotopic (exact) mass is 186 g/mol. The molecule has 0 aromatic carbocycles. The molecule has 1 aliphatic rings. The quantitative estimate of drug-likeness (QED) is 0.463. The van der Waals surface area contributed by atoms with Crippen LogP contribution in [0.3, 0.4) is 0 Å². The van der Waals surface area contributed by atoms with Gasteiger partial charge in [-0.15, -0.1) is 0 Å². The second-order valence-electron chi connectivity index (χ2n) is 1.29. The van der Waals surface area contributed by atoms with E-state index < -0.39 is 0 Å². The normalized spacial score (nSPS) is 17.0. The Labute approximate surface area is 50.1 Å². The van der Waals surface area contributed by atoms with E-state index in [0.717, 1.165) is 22.1 Å². The SMILES string of the molecule is [SnH2]=[C]1C=CC=C1. The van der Waals surface area contributed by atoms with Crippen molar-refractivity contribution in [2.24, 2.45) is 0 Å². The van der Waals surface area contributed by atoms with Crippen LogP contribution in [0.1, 0.15) is 0 Å². The Morgan fingerprint density at radius 2 is 1.67 bits per heavy atom. The molecular formula is C5H6Sn. The third-order valence-corrected chi connectivity index (χ3v) is 2.08. The van der Waals surface area contributed by atoms with Gasteiger partial charge in [-0.25, -0.2) is 0 Å². The topological polar surface area (TPSA) is 0 Å². The van der Waals surface area contributed by atoms with Crippen molar-refractivity contribution < 1.29 is 0 Å². The van der Waals surface area contributed by atoms with E-state index in [1.165, 1.54) is 3.52 Å². The van der Waals surface area contributed by atoms with E-state index in [4.69, 9.17) is 0 Å². The van der Waals surface area contributed by atoms with E-state index >= 15 is 0 Å². The molecule has 0 atom stereocenters. The van der Waals surface area contributed by atoms with Crippen molar-refractivity contribution in [2.75, 3.05) is 0 Å². The minimum atomic E-state index is 0.997. The molecule has 0 aromatic heterocycles. The standard InChI is InChI=1S/C5H4.Sn.2H/c1-2-4-5-3-1;;;/h1-4H;;;. The summed E-state index contributed by atoms with van der Waals surface area (Å²) < 4.78 is 1.51. The molecule has 1 heteroatoms. The molecule has 0 saturated carbocycles. The zero-order valence-electron chi connectivity index (χ0n) is 3.52. The molecule has 30 valence electrons. The van der Waals surface area contributed by atoms with Crippen molar-refractivity contribution >= 4 is 25.6 Å². The maximum absolute atomic E-state index is 2.16. The molecule has 0 radical (unpaired) electrons. The Morgan fingerprint density at radius 3 is 1.83 bits per heavy atom. The van der Waals surface area contributed by atoms with Crippen molar-refractivity contribution in [3.63, 3.8) is 0 Å². The summed E-state index contributed by atoms with van der Waals surface area (Å²) in [5.41, 5.74) is 0. The van der Waals surface area contributed by atoms with E-state index in [9.17, 15) is 0 Å². The fourth-order valence-corrected chi connectivity index (χ4v) is 1.19. The van der Waals surface area contributed by atoms with Gasteiger partial charge in [0.2, 0.25) is 0 Å². The summed E-state index contributed by atoms with van der Waals surface area (Å²) in [4.78, 5) is 0. The van der Waals surface area contributed by atoms with E-state index in [0.29, 0.717) is 0 Å². The fraction of sp³-hybridized carbons (Fsp3) is 0. The predicted molar refractivity (Wildman–Crippen MR) is 31.8 cm³/mol. The van der Waals surface area contributed by atoms with Crippen LogP contribution in [0.4, 0.5) is 0 Å². The van der Waals surface area contributed by atoms with E-state index in [2.05, 4.69) is 24.3 Å². The summed E-state index contributed by atoms with van der Waals surface area (Å²) >= 11 is 0.997. The molecule has 0 spiro atoms. The van der Waals surface area contributed by atoms with Crippen LogP contribution in [0.25, 0.3) is 0 Å². The van der Waals surface area contributed by atoms with Gasteiger partial charge in [0.15, 0.2) is 0 Å². The first-order chi connectivity index (χ1) is 2.89. The first kappa shape index (κ1) is 4.31. The third-order valence-electron chi connectivity index (χ3n) is 0.732. The number of hydrogen-bond donors (Lipinski definition) is 0. The number of allylic oxidation sites excluding steroid dienone is 4. The first-order valence-corrected chi connectivity index (χ1v) is 3.95. The predicted octanol–water partition coefficient (Wildman–Crippen LogP) is -0.0821. The Kier molecular flexibility index (Phi) is 1.25. The molecule has 0 fully saturated rings. The molecule has 0 bridgehead atoms. The fourth-order valence-electron chi connectivity index (χ4n) is 0.414. The summed E-state index contributed by atoms with van der Waals surface area (Å²) in [6.45, 7) is 0. The van der Waals surface area contributed by atoms with E-state index in [-0.39, 0.29) is 0 Å². The third kappa shape index (κ3) is 0.805. The van der Waals surface area contributed by atoms with Crippen LogP contribution in [0, 0.1) is 0 Å². The van der Waals surface area contributed by atoms with Gasteiger partial charge < -0.3 is 0 Å². The van der Waals surface area contributed by atoms with E-state index in [1.54, 1.807) is 0 Å². The summed E-state index contributed by atoms with van der Waals surface area (Å²) in [5, 5.41) is 0. The van der Waals surface area contributed by atoms with Gasteiger partial charge in [-0.1, -0.05) is 0 Å². The zero-order valence-corrected chi connectivity index (χ0v) is 7.55. The van der Waals surface area contributed by atoms with Gasteiger partial charge in [0.05, 0.1) is 0 Å². The van der Waals surface area contributed by atoms with Gasteiger partial charge in [0, 0.05) is 0 Å². The van der Waals surface area contributed by atoms with Crippen LogP contribution in [0.15, 0.2) is 24.3 Å². The summed E-state index contributed by atoms with van der Waals surface area (Å²) in [7, 11) is 0. The first-order valence-electron chi connectivity index (χ1n) is 1.93. The van der Waals surface area contributed by atoms with Gasteiger partial charge in [-0.05, 0) is 0 Å². The molecule has 0 unspecified atom stereocenters. The summed E-state index contributed by atoms with van der Waals surface area (Å²) in [6.07, 6.45) is 8.48. The summed E-state index contributed by atoms with van der Waals surface area (Å²) in [5.74, 6) is 0. The molecule has 0 saturated heterocycles. The summed E-state index contributed by atoms with van der Waals surface area (Å²) in [6, 6.07) is 0.